The first-order valence-corrected chi connectivity index (χ1v) is 5.07. The predicted molar refractivity (Wildman–Crippen MR) is 53.9 cm³/mol. The summed E-state index contributed by atoms with van der Waals surface area (Å²) in [4.78, 5) is 2.42. The Kier molecular flexibility index (Phi) is 1.37. The molecule has 0 saturated carbocycles. The predicted octanol–water partition coefficient (Wildman–Crippen LogP) is 1.82. The molecule has 0 amide bonds. The van der Waals surface area contributed by atoms with Crippen molar-refractivity contribution >= 4 is 0 Å². The molecule has 1 saturated heterocycles. The van der Waals surface area contributed by atoms with Gasteiger partial charge in [-0.3, -0.25) is 0 Å². The van der Waals surface area contributed by atoms with Crippen LogP contribution in [0.2, 0.25) is 0 Å². The molecule has 2 aliphatic rings. The smallest absolute Gasteiger partial charge is 0.0213 e. The van der Waals surface area contributed by atoms with Gasteiger partial charge in [0.05, 0.1) is 0 Å². The molecule has 1 aromatic rings. The van der Waals surface area contributed by atoms with Gasteiger partial charge in [0.15, 0.2) is 0 Å². The highest BCUT2D eigenvalue weighted by Crippen LogP contribution is 2.44. The molecule has 1 fully saturated rings. The Morgan fingerprint density at radius 1 is 1.23 bits per heavy atom. The van der Waals surface area contributed by atoms with Crippen LogP contribution in [0.1, 0.15) is 17.5 Å². The van der Waals surface area contributed by atoms with E-state index in [1.54, 1.807) is 11.1 Å². The lowest BCUT2D eigenvalue weighted by molar-refractivity contribution is 0.0946. The fourth-order valence-corrected chi connectivity index (χ4v) is 3.08. The molecule has 1 aliphatic carbocycles. The summed E-state index contributed by atoms with van der Waals surface area (Å²) in [6.45, 7) is 2.54. The van der Waals surface area contributed by atoms with Gasteiger partial charge >= 0.3 is 0 Å². The largest absolute Gasteiger partial charge is 0.304 e. The van der Waals surface area contributed by atoms with E-state index in [0.717, 1.165) is 0 Å². The van der Waals surface area contributed by atoms with E-state index in [4.69, 9.17) is 0 Å². The van der Waals surface area contributed by atoms with Crippen molar-refractivity contribution in [2.24, 2.45) is 0 Å². The number of hydrogen-bond donors (Lipinski definition) is 0. The van der Waals surface area contributed by atoms with Crippen molar-refractivity contribution in [2.75, 3.05) is 20.1 Å². The third kappa shape index (κ3) is 0.910. The number of fused-ring (bicyclic) bond motifs is 2. The van der Waals surface area contributed by atoms with Gasteiger partial charge < -0.3 is 4.90 Å². The molecule has 13 heavy (non-hydrogen) atoms. The Labute approximate surface area is 79.4 Å². The van der Waals surface area contributed by atoms with Crippen molar-refractivity contribution in [1.82, 2.24) is 4.90 Å². The molecular weight excluding hydrogens is 158 g/mol. The van der Waals surface area contributed by atoms with Crippen LogP contribution in [-0.2, 0) is 11.8 Å². The lowest BCUT2D eigenvalue weighted by atomic mass is 9.75. The second-order valence-electron chi connectivity index (χ2n) is 4.61. The van der Waals surface area contributed by atoms with Crippen LogP contribution in [0.5, 0.6) is 0 Å². The summed E-state index contributed by atoms with van der Waals surface area (Å²) in [5.74, 6) is 0. The van der Waals surface area contributed by atoms with E-state index in [-0.39, 0.29) is 0 Å². The maximum Gasteiger partial charge on any atom is 0.0213 e. The molecule has 3 rings (SSSR count). The fraction of sp³-hybridized carbons (Fsp3) is 0.500. The molecule has 1 aliphatic heterocycles. The lowest BCUT2D eigenvalue weighted by Gasteiger charge is -2.47. The molecule has 0 unspecified atom stereocenters. The average Bonchev–Trinajstić information content (AvgIpc) is 2.45. The standard InChI is InChI=1S/C12H15N/c1-13-8-12(9-13)7-6-10-4-2-3-5-11(10)12/h2-5H,6-9H2,1H3. The minimum atomic E-state index is 0.547. The summed E-state index contributed by atoms with van der Waals surface area (Å²) in [6.07, 6.45) is 2.67. The monoisotopic (exact) mass is 173 g/mol. The summed E-state index contributed by atoms with van der Waals surface area (Å²) in [5.41, 5.74) is 3.77. The molecule has 1 heteroatoms. The first-order valence-electron chi connectivity index (χ1n) is 5.07. The van der Waals surface area contributed by atoms with Gasteiger partial charge in [-0.15, -0.1) is 0 Å². The van der Waals surface area contributed by atoms with Crippen molar-refractivity contribution in [3.05, 3.63) is 35.4 Å². The van der Waals surface area contributed by atoms with Gasteiger partial charge in [-0.1, -0.05) is 24.3 Å². The Morgan fingerprint density at radius 2 is 2.00 bits per heavy atom. The Bertz CT molecular complexity index is 331. The van der Waals surface area contributed by atoms with Crippen molar-refractivity contribution < 1.29 is 0 Å². The average molecular weight is 173 g/mol. The van der Waals surface area contributed by atoms with Gasteiger partial charge in [-0.2, -0.15) is 0 Å². The quantitative estimate of drug-likeness (QED) is 0.578. The third-order valence-electron chi connectivity index (χ3n) is 3.61. The van der Waals surface area contributed by atoms with E-state index in [2.05, 4.69) is 36.2 Å². The molecular formula is C12H15N. The first kappa shape index (κ1) is 7.57. The highest BCUT2D eigenvalue weighted by molar-refractivity contribution is 5.42. The molecule has 1 nitrogen and oxygen atoms in total. The van der Waals surface area contributed by atoms with Crippen LogP contribution in [-0.4, -0.2) is 25.0 Å². The molecule has 0 aromatic heterocycles. The lowest BCUT2D eigenvalue weighted by Crippen LogP contribution is -2.56. The van der Waals surface area contributed by atoms with Crippen LogP contribution in [0.4, 0.5) is 0 Å². The van der Waals surface area contributed by atoms with Gasteiger partial charge in [0.1, 0.15) is 0 Å². The SMILES string of the molecule is CN1CC2(CCc3ccccc32)C1. The minimum Gasteiger partial charge on any atom is -0.304 e. The van der Waals surface area contributed by atoms with Gasteiger partial charge in [0.25, 0.3) is 0 Å². The van der Waals surface area contributed by atoms with E-state index < -0.39 is 0 Å². The normalized spacial score (nSPS) is 24.4. The van der Waals surface area contributed by atoms with Crippen LogP contribution >= 0.6 is 0 Å². The minimum absolute atomic E-state index is 0.547. The van der Waals surface area contributed by atoms with E-state index in [1.165, 1.54) is 25.9 Å². The Morgan fingerprint density at radius 3 is 2.77 bits per heavy atom. The van der Waals surface area contributed by atoms with Crippen LogP contribution < -0.4 is 0 Å². The first-order chi connectivity index (χ1) is 6.30. The topological polar surface area (TPSA) is 3.24 Å². The van der Waals surface area contributed by atoms with Gasteiger partial charge in [-0.25, -0.2) is 0 Å². The number of likely N-dealkylation sites (N-methyl/N-ethyl adjacent to an activating group) is 1. The zero-order valence-corrected chi connectivity index (χ0v) is 8.09. The van der Waals surface area contributed by atoms with Crippen LogP contribution in [0, 0.1) is 0 Å². The number of rotatable bonds is 0. The molecule has 1 aromatic carbocycles. The molecule has 68 valence electrons. The summed E-state index contributed by atoms with van der Waals surface area (Å²) in [7, 11) is 2.21. The number of benzene rings is 1. The van der Waals surface area contributed by atoms with Crippen LogP contribution in [0.25, 0.3) is 0 Å². The van der Waals surface area contributed by atoms with E-state index in [1.807, 2.05) is 0 Å². The summed E-state index contributed by atoms with van der Waals surface area (Å²) in [5, 5.41) is 0. The maximum atomic E-state index is 2.42. The highest BCUT2D eigenvalue weighted by Gasteiger charge is 2.46. The number of aryl methyl sites for hydroxylation is 1. The zero-order valence-electron chi connectivity index (χ0n) is 8.09. The Hall–Kier alpha value is -0.820. The van der Waals surface area contributed by atoms with Crippen molar-refractivity contribution in [3.63, 3.8) is 0 Å². The van der Waals surface area contributed by atoms with Gasteiger partial charge in [0, 0.05) is 18.5 Å². The highest BCUT2D eigenvalue weighted by atomic mass is 15.2. The molecule has 1 heterocycles. The second kappa shape index (κ2) is 2.36. The van der Waals surface area contributed by atoms with Crippen molar-refractivity contribution in [2.45, 2.75) is 18.3 Å². The number of hydrogen-bond acceptors (Lipinski definition) is 1. The molecule has 0 radical (unpaired) electrons. The summed E-state index contributed by atoms with van der Waals surface area (Å²) < 4.78 is 0. The van der Waals surface area contributed by atoms with Gasteiger partial charge in [0.2, 0.25) is 0 Å². The van der Waals surface area contributed by atoms with E-state index >= 15 is 0 Å². The van der Waals surface area contributed by atoms with Gasteiger partial charge in [-0.05, 0) is 31.0 Å². The molecule has 0 N–H and O–H groups in total. The third-order valence-corrected chi connectivity index (χ3v) is 3.61. The van der Waals surface area contributed by atoms with Crippen LogP contribution in [0.3, 0.4) is 0 Å². The molecule has 1 spiro atoms. The number of nitrogens with zero attached hydrogens (tertiary/aromatic N) is 1. The van der Waals surface area contributed by atoms with Crippen molar-refractivity contribution in [1.29, 1.82) is 0 Å². The van der Waals surface area contributed by atoms with E-state index in [9.17, 15) is 0 Å². The maximum absolute atomic E-state index is 2.42. The molecule has 0 bridgehead atoms. The summed E-state index contributed by atoms with van der Waals surface area (Å²) >= 11 is 0. The fourth-order valence-electron chi connectivity index (χ4n) is 3.08. The van der Waals surface area contributed by atoms with Crippen LogP contribution in [0.15, 0.2) is 24.3 Å². The zero-order chi connectivity index (χ0) is 8.89. The summed E-state index contributed by atoms with van der Waals surface area (Å²) in [6, 6.07) is 8.97. The molecule has 0 atom stereocenters. The second-order valence-corrected chi connectivity index (χ2v) is 4.61. The van der Waals surface area contributed by atoms with Crippen molar-refractivity contribution in [3.8, 4) is 0 Å². The number of likely N-dealkylation sites (tertiary alicyclic amines) is 1. The Balaban J connectivity index is 2.04. The van der Waals surface area contributed by atoms with E-state index in [0.29, 0.717) is 5.41 Å².